The standard InChI is InChI=1S/C14H10Br2N2OS/c15-10-6-3-7-11(16)12(10)18-14(20)9-5-2-1-4-8(9)13(17)19/h1-7H,(H2,17,19)(H,18,20). The largest absolute Gasteiger partial charge is 0.366 e. The first-order valence-electron chi connectivity index (χ1n) is 5.65. The van der Waals surface area contributed by atoms with Crippen LogP contribution >= 0.6 is 44.1 Å². The number of thiocarbonyl (C=S) groups is 1. The van der Waals surface area contributed by atoms with Gasteiger partial charge in [-0.2, -0.15) is 0 Å². The molecule has 2 aromatic carbocycles. The first-order chi connectivity index (χ1) is 9.50. The summed E-state index contributed by atoms with van der Waals surface area (Å²) in [6.45, 7) is 0. The molecular formula is C14H10Br2N2OS. The fourth-order valence-electron chi connectivity index (χ4n) is 1.69. The molecule has 0 aromatic heterocycles. The second-order valence-electron chi connectivity index (χ2n) is 3.96. The Balaban J connectivity index is 2.36. The minimum Gasteiger partial charge on any atom is -0.366 e. The van der Waals surface area contributed by atoms with Crippen molar-refractivity contribution in [1.29, 1.82) is 0 Å². The molecule has 0 aliphatic rings. The van der Waals surface area contributed by atoms with Gasteiger partial charge in [-0.25, -0.2) is 0 Å². The molecule has 0 aliphatic heterocycles. The number of carbonyl (C=O) groups excluding carboxylic acids is 1. The van der Waals surface area contributed by atoms with Gasteiger partial charge in [-0.15, -0.1) is 0 Å². The summed E-state index contributed by atoms with van der Waals surface area (Å²) in [6.07, 6.45) is 0. The molecule has 0 radical (unpaired) electrons. The molecule has 0 bridgehead atoms. The van der Waals surface area contributed by atoms with Gasteiger partial charge in [0.25, 0.3) is 0 Å². The molecule has 0 saturated heterocycles. The first kappa shape index (κ1) is 15.2. The molecule has 0 fully saturated rings. The quantitative estimate of drug-likeness (QED) is 0.744. The zero-order valence-electron chi connectivity index (χ0n) is 10.2. The van der Waals surface area contributed by atoms with Crippen LogP contribution in [0.5, 0.6) is 0 Å². The molecule has 1 amide bonds. The van der Waals surface area contributed by atoms with Crippen molar-refractivity contribution in [2.45, 2.75) is 0 Å². The molecule has 0 unspecified atom stereocenters. The Kier molecular flexibility index (Phi) is 4.91. The van der Waals surface area contributed by atoms with Crippen molar-refractivity contribution in [2.24, 2.45) is 5.73 Å². The van der Waals surface area contributed by atoms with E-state index < -0.39 is 5.91 Å². The van der Waals surface area contributed by atoms with Gasteiger partial charge < -0.3 is 11.1 Å². The fraction of sp³-hybridized carbons (Fsp3) is 0. The number of hydrogen-bond acceptors (Lipinski definition) is 2. The van der Waals surface area contributed by atoms with E-state index in [-0.39, 0.29) is 0 Å². The highest BCUT2D eigenvalue weighted by Gasteiger charge is 2.13. The summed E-state index contributed by atoms with van der Waals surface area (Å²) in [5, 5.41) is 3.12. The number of amides is 1. The maximum absolute atomic E-state index is 11.4. The first-order valence-corrected chi connectivity index (χ1v) is 7.64. The summed E-state index contributed by atoms with van der Waals surface area (Å²) in [7, 11) is 0. The van der Waals surface area contributed by atoms with Crippen LogP contribution in [0.3, 0.4) is 0 Å². The molecule has 0 aliphatic carbocycles. The van der Waals surface area contributed by atoms with Crippen LogP contribution in [0.1, 0.15) is 15.9 Å². The highest BCUT2D eigenvalue weighted by Crippen LogP contribution is 2.31. The summed E-state index contributed by atoms with van der Waals surface area (Å²) in [5.41, 5.74) is 7.17. The number of rotatable bonds is 3. The van der Waals surface area contributed by atoms with Gasteiger partial charge in [0.1, 0.15) is 4.99 Å². The van der Waals surface area contributed by atoms with Gasteiger partial charge in [0.05, 0.1) is 5.69 Å². The zero-order chi connectivity index (χ0) is 14.7. The van der Waals surface area contributed by atoms with Crippen molar-refractivity contribution in [2.75, 3.05) is 5.32 Å². The summed E-state index contributed by atoms with van der Waals surface area (Å²) in [4.78, 5) is 11.9. The average Bonchev–Trinajstić information content (AvgIpc) is 2.43. The van der Waals surface area contributed by atoms with E-state index in [0.29, 0.717) is 16.1 Å². The van der Waals surface area contributed by atoms with Crippen molar-refractivity contribution in [3.05, 3.63) is 62.5 Å². The van der Waals surface area contributed by atoms with E-state index >= 15 is 0 Å². The molecule has 0 heterocycles. The van der Waals surface area contributed by atoms with Crippen LogP contribution in [-0.2, 0) is 0 Å². The number of benzene rings is 2. The molecule has 20 heavy (non-hydrogen) atoms. The molecule has 3 nitrogen and oxygen atoms in total. The van der Waals surface area contributed by atoms with Crippen LogP contribution in [-0.4, -0.2) is 10.9 Å². The lowest BCUT2D eigenvalue weighted by atomic mass is 10.1. The maximum atomic E-state index is 11.4. The molecule has 0 atom stereocenters. The Labute approximate surface area is 138 Å². The Morgan fingerprint density at radius 3 is 2.10 bits per heavy atom. The van der Waals surface area contributed by atoms with E-state index in [4.69, 9.17) is 18.0 Å². The molecule has 3 N–H and O–H groups in total. The molecule has 102 valence electrons. The Bertz CT molecular complexity index is 668. The van der Waals surface area contributed by atoms with Crippen molar-refractivity contribution in [3.8, 4) is 0 Å². The summed E-state index contributed by atoms with van der Waals surface area (Å²) in [6, 6.07) is 12.7. The summed E-state index contributed by atoms with van der Waals surface area (Å²) in [5.74, 6) is -0.504. The minimum absolute atomic E-state index is 0.396. The second kappa shape index (κ2) is 6.47. The molecule has 0 saturated carbocycles. The predicted molar refractivity (Wildman–Crippen MR) is 92.1 cm³/mol. The lowest BCUT2D eigenvalue weighted by molar-refractivity contribution is 0.1000. The van der Waals surface area contributed by atoms with Crippen LogP contribution < -0.4 is 11.1 Å². The maximum Gasteiger partial charge on any atom is 0.249 e. The summed E-state index contributed by atoms with van der Waals surface area (Å²) >= 11 is 12.3. The molecular weight excluding hydrogens is 404 g/mol. The number of hydrogen-bond donors (Lipinski definition) is 2. The van der Waals surface area contributed by atoms with E-state index in [0.717, 1.165) is 14.6 Å². The van der Waals surface area contributed by atoms with Crippen molar-refractivity contribution in [3.63, 3.8) is 0 Å². The number of primary amides is 1. The molecule has 2 rings (SSSR count). The number of nitrogens with one attached hydrogen (secondary N) is 1. The number of nitrogens with two attached hydrogens (primary N) is 1. The molecule has 2 aromatic rings. The van der Waals surface area contributed by atoms with Crippen molar-refractivity contribution in [1.82, 2.24) is 0 Å². The third kappa shape index (κ3) is 3.26. The number of halogens is 2. The van der Waals surface area contributed by atoms with Crippen LogP contribution in [0.25, 0.3) is 0 Å². The molecule has 6 heteroatoms. The zero-order valence-corrected chi connectivity index (χ0v) is 14.2. The van der Waals surface area contributed by atoms with Crippen LogP contribution in [0, 0.1) is 0 Å². The monoisotopic (exact) mass is 412 g/mol. The van der Waals surface area contributed by atoms with Crippen molar-refractivity contribution >= 4 is 60.7 Å². The van der Waals surface area contributed by atoms with Gasteiger partial charge in [0.15, 0.2) is 0 Å². The van der Waals surface area contributed by atoms with Gasteiger partial charge in [0, 0.05) is 20.1 Å². The average molecular weight is 414 g/mol. The summed E-state index contributed by atoms with van der Waals surface area (Å²) < 4.78 is 1.73. The third-order valence-corrected chi connectivity index (χ3v) is 4.28. The number of para-hydroxylation sites is 1. The van der Waals surface area contributed by atoms with Crippen LogP contribution in [0.4, 0.5) is 5.69 Å². The lowest BCUT2D eigenvalue weighted by Crippen LogP contribution is -2.19. The van der Waals surface area contributed by atoms with E-state index in [1.807, 2.05) is 24.3 Å². The van der Waals surface area contributed by atoms with E-state index in [2.05, 4.69) is 37.2 Å². The van der Waals surface area contributed by atoms with Gasteiger partial charge in [-0.3, -0.25) is 4.79 Å². The van der Waals surface area contributed by atoms with Gasteiger partial charge in [0.2, 0.25) is 5.91 Å². The smallest absolute Gasteiger partial charge is 0.249 e. The Morgan fingerprint density at radius 2 is 1.55 bits per heavy atom. The fourth-order valence-corrected chi connectivity index (χ4v) is 3.17. The van der Waals surface area contributed by atoms with E-state index in [1.54, 1.807) is 18.2 Å². The van der Waals surface area contributed by atoms with Crippen LogP contribution in [0.15, 0.2) is 51.4 Å². The van der Waals surface area contributed by atoms with Gasteiger partial charge in [-0.1, -0.05) is 36.5 Å². The minimum atomic E-state index is -0.504. The Hall–Kier alpha value is -1.24. The topological polar surface area (TPSA) is 55.1 Å². The third-order valence-electron chi connectivity index (χ3n) is 2.64. The number of carbonyl (C=O) groups is 1. The lowest BCUT2D eigenvalue weighted by Gasteiger charge is -2.13. The van der Waals surface area contributed by atoms with Gasteiger partial charge in [-0.05, 0) is 50.1 Å². The second-order valence-corrected chi connectivity index (χ2v) is 6.08. The Morgan fingerprint density at radius 1 is 1.00 bits per heavy atom. The number of anilines is 1. The predicted octanol–water partition coefficient (Wildman–Crippen LogP) is 4.10. The molecule has 0 spiro atoms. The van der Waals surface area contributed by atoms with E-state index in [9.17, 15) is 4.79 Å². The highest BCUT2D eigenvalue weighted by atomic mass is 79.9. The normalized spacial score (nSPS) is 10.1. The highest BCUT2D eigenvalue weighted by molar-refractivity contribution is 9.11. The van der Waals surface area contributed by atoms with Crippen LogP contribution in [0.2, 0.25) is 0 Å². The van der Waals surface area contributed by atoms with Gasteiger partial charge >= 0.3 is 0 Å². The van der Waals surface area contributed by atoms with Crippen molar-refractivity contribution < 1.29 is 4.79 Å². The SMILES string of the molecule is NC(=O)c1ccccc1C(=S)Nc1c(Br)cccc1Br. The van der Waals surface area contributed by atoms with E-state index in [1.165, 1.54) is 0 Å².